The topological polar surface area (TPSA) is 76.0 Å². The highest BCUT2D eigenvalue weighted by molar-refractivity contribution is 5.92. The van der Waals surface area contributed by atoms with Crippen molar-refractivity contribution in [1.82, 2.24) is 14.4 Å². The second kappa shape index (κ2) is 11.2. The number of nitrogens with one attached hydrogen (secondary N) is 1. The Balaban J connectivity index is 1.55. The average Bonchev–Trinajstić information content (AvgIpc) is 3.36. The number of methoxy groups -OCH3 is 1. The monoisotopic (exact) mass is 490 g/mol. The van der Waals surface area contributed by atoms with E-state index in [9.17, 15) is 9.59 Å². The van der Waals surface area contributed by atoms with Gasteiger partial charge < -0.3 is 29.2 Å². The normalized spacial score (nSPS) is 14.8. The van der Waals surface area contributed by atoms with Gasteiger partial charge in [-0.15, -0.1) is 0 Å². The first-order valence-electron chi connectivity index (χ1n) is 12.3. The van der Waals surface area contributed by atoms with Crippen LogP contribution in [0.25, 0.3) is 0 Å². The van der Waals surface area contributed by atoms with E-state index < -0.39 is 0 Å². The number of amides is 3. The van der Waals surface area contributed by atoms with Crippen LogP contribution in [-0.4, -0.2) is 59.2 Å². The number of carbonyl (C=O) groups is 2. The third-order valence-electron chi connectivity index (χ3n) is 6.40. The van der Waals surface area contributed by atoms with Gasteiger partial charge in [0.05, 0.1) is 13.7 Å². The van der Waals surface area contributed by atoms with Crippen LogP contribution in [0.15, 0.2) is 66.9 Å². The van der Waals surface area contributed by atoms with Crippen molar-refractivity contribution in [3.63, 3.8) is 0 Å². The van der Waals surface area contributed by atoms with Crippen LogP contribution < -0.4 is 14.8 Å². The Hall–Kier alpha value is -3.94. The molecule has 36 heavy (non-hydrogen) atoms. The Labute approximate surface area is 212 Å². The summed E-state index contributed by atoms with van der Waals surface area (Å²) >= 11 is 0. The molecule has 0 spiro atoms. The number of ether oxygens (including phenoxy) is 2. The highest BCUT2D eigenvalue weighted by Crippen LogP contribution is 2.37. The van der Waals surface area contributed by atoms with E-state index in [0.29, 0.717) is 25.4 Å². The minimum Gasteiger partial charge on any atom is -0.496 e. The third kappa shape index (κ3) is 5.32. The Bertz CT molecular complexity index is 1190. The molecule has 0 aliphatic carbocycles. The summed E-state index contributed by atoms with van der Waals surface area (Å²) < 4.78 is 13.3. The SMILES string of the molecule is CCOc1ccc(NC(=O)N(CC(=O)N2CCn3cccc3C2c2ccccc2OC)C(C)C)cc1. The van der Waals surface area contributed by atoms with E-state index in [1.165, 1.54) is 0 Å². The second-order valence-corrected chi connectivity index (χ2v) is 8.97. The minimum atomic E-state index is -0.322. The van der Waals surface area contributed by atoms with E-state index in [1.54, 1.807) is 24.1 Å². The van der Waals surface area contributed by atoms with E-state index in [0.717, 1.165) is 22.8 Å². The van der Waals surface area contributed by atoms with Crippen LogP contribution in [0.1, 0.15) is 38.1 Å². The van der Waals surface area contributed by atoms with Crippen molar-refractivity contribution in [1.29, 1.82) is 0 Å². The first-order valence-corrected chi connectivity index (χ1v) is 12.3. The second-order valence-electron chi connectivity index (χ2n) is 8.97. The molecule has 1 N–H and O–H groups in total. The molecule has 0 fully saturated rings. The molecule has 3 aromatic rings. The molecule has 1 atom stereocenters. The van der Waals surface area contributed by atoms with E-state index in [1.807, 2.05) is 80.4 Å². The van der Waals surface area contributed by atoms with Crippen LogP contribution in [0.3, 0.4) is 0 Å². The molecule has 8 heteroatoms. The highest BCUT2D eigenvalue weighted by atomic mass is 16.5. The van der Waals surface area contributed by atoms with Gasteiger partial charge >= 0.3 is 6.03 Å². The van der Waals surface area contributed by atoms with Crippen molar-refractivity contribution >= 4 is 17.6 Å². The molecule has 8 nitrogen and oxygen atoms in total. The molecule has 4 rings (SSSR count). The van der Waals surface area contributed by atoms with Crippen molar-refractivity contribution in [2.45, 2.75) is 39.4 Å². The molecule has 2 aromatic carbocycles. The zero-order valence-corrected chi connectivity index (χ0v) is 21.3. The van der Waals surface area contributed by atoms with Gasteiger partial charge in [0.1, 0.15) is 24.1 Å². The van der Waals surface area contributed by atoms with Crippen LogP contribution >= 0.6 is 0 Å². The van der Waals surface area contributed by atoms with Crippen LogP contribution in [-0.2, 0) is 11.3 Å². The fourth-order valence-corrected chi connectivity index (χ4v) is 4.59. The molecule has 0 saturated heterocycles. The molecule has 1 aliphatic rings. The maximum absolute atomic E-state index is 13.7. The largest absolute Gasteiger partial charge is 0.496 e. The number of rotatable bonds is 8. The van der Waals surface area contributed by atoms with Crippen LogP contribution in [0, 0.1) is 0 Å². The van der Waals surface area contributed by atoms with Gasteiger partial charge in [-0.25, -0.2) is 4.79 Å². The van der Waals surface area contributed by atoms with Crippen LogP contribution in [0.2, 0.25) is 0 Å². The third-order valence-corrected chi connectivity index (χ3v) is 6.40. The summed E-state index contributed by atoms with van der Waals surface area (Å²) in [6.45, 7) is 7.51. The quantitative estimate of drug-likeness (QED) is 0.494. The predicted molar refractivity (Wildman–Crippen MR) is 139 cm³/mol. The molecule has 190 valence electrons. The molecule has 1 aromatic heterocycles. The fraction of sp³-hybridized carbons (Fsp3) is 0.357. The Morgan fingerprint density at radius 3 is 2.50 bits per heavy atom. The number of hydrogen-bond acceptors (Lipinski definition) is 4. The molecule has 2 heterocycles. The Morgan fingerprint density at radius 1 is 1.06 bits per heavy atom. The summed E-state index contributed by atoms with van der Waals surface area (Å²) in [5.74, 6) is 1.35. The van der Waals surface area contributed by atoms with Crippen molar-refractivity contribution in [3.8, 4) is 11.5 Å². The smallest absolute Gasteiger partial charge is 0.322 e. The Kier molecular flexibility index (Phi) is 7.83. The lowest BCUT2D eigenvalue weighted by Gasteiger charge is -2.39. The lowest BCUT2D eigenvalue weighted by Crippen LogP contribution is -2.50. The number of anilines is 1. The van der Waals surface area contributed by atoms with Gasteiger partial charge in [0.2, 0.25) is 5.91 Å². The summed E-state index contributed by atoms with van der Waals surface area (Å²) in [5.41, 5.74) is 2.58. The summed E-state index contributed by atoms with van der Waals surface area (Å²) in [6, 6.07) is 18.2. The van der Waals surface area contributed by atoms with Gasteiger partial charge in [-0.1, -0.05) is 18.2 Å². The molecule has 0 radical (unpaired) electrons. The molecular formula is C28H34N4O4. The van der Waals surface area contributed by atoms with Crippen molar-refractivity contribution in [3.05, 3.63) is 78.1 Å². The number of aromatic nitrogens is 1. The van der Waals surface area contributed by atoms with E-state index in [2.05, 4.69) is 9.88 Å². The van der Waals surface area contributed by atoms with Crippen molar-refractivity contribution < 1.29 is 19.1 Å². The predicted octanol–water partition coefficient (Wildman–Crippen LogP) is 4.77. The van der Waals surface area contributed by atoms with E-state index in [4.69, 9.17) is 9.47 Å². The summed E-state index contributed by atoms with van der Waals surface area (Å²) in [5, 5.41) is 2.91. The molecule has 1 unspecified atom stereocenters. The number of urea groups is 1. The lowest BCUT2D eigenvalue weighted by molar-refractivity contribution is -0.134. The van der Waals surface area contributed by atoms with E-state index in [-0.39, 0.29) is 30.6 Å². The van der Waals surface area contributed by atoms with Crippen molar-refractivity contribution in [2.75, 3.05) is 32.1 Å². The number of para-hydroxylation sites is 1. The first-order chi connectivity index (χ1) is 17.4. The lowest BCUT2D eigenvalue weighted by atomic mass is 9.98. The van der Waals surface area contributed by atoms with Crippen molar-refractivity contribution in [2.24, 2.45) is 0 Å². The van der Waals surface area contributed by atoms with Gasteiger partial charge in [-0.05, 0) is 63.2 Å². The van der Waals surface area contributed by atoms with Crippen LogP contribution in [0.5, 0.6) is 11.5 Å². The van der Waals surface area contributed by atoms with Crippen LogP contribution in [0.4, 0.5) is 10.5 Å². The maximum Gasteiger partial charge on any atom is 0.322 e. The number of hydrogen-bond donors (Lipinski definition) is 1. The minimum absolute atomic E-state index is 0.0348. The first kappa shape index (κ1) is 25.2. The standard InChI is InChI=1S/C28H34N4O4/c1-5-36-22-14-12-21(13-15-22)29-28(34)32(20(2)3)19-26(33)31-18-17-30-16-8-10-24(30)27(31)23-9-6-7-11-25(23)35-4/h6-16,20,27H,5,17-19H2,1-4H3,(H,29,34). The zero-order valence-electron chi connectivity index (χ0n) is 21.3. The number of nitrogens with zero attached hydrogens (tertiary/aromatic N) is 3. The molecule has 1 aliphatic heterocycles. The summed E-state index contributed by atoms with van der Waals surface area (Å²) in [7, 11) is 1.64. The molecule has 0 bridgehead atoms. The number of carbonyl (C=O) groups excluding carboxylic acids is 2. The van der Waals surface area contributed by atoms with Gasteiger partial charge in [0.15, 0.2) is 0 Å². The fourth-order valence-electron chi connectivity index (χ4n) is 4.59. The number of fused-ring (bicyclic) bond motifs is 1. The molecule has 3 amide bonds. The van der Waals surface area contributed by atoms with Gasteiger partial charge in [0, 0.05) is 42.3 Å². The van der Waals surface area contributed by atoms with Gasteiger partial charge in [-0.2, -0.15) is 0 Å². The zero-order chi connectivity index (χ0) is 25.7. The summed E-state index contributed by atoms with van der Waals surface area (Å²) in [6.07, 6.45) is 2.03. The summed E-state index contributed by atoms with van der Waals surface area (Å²) in [4.78, 5) is 30.3. The Morgan fingerprint density at radius 2 is 1.81 bits per heavy atom. The van der Waals surface area contributed by atoms with E-state index >= 15 is 0 Å². The van der Waals surface area contributed by atoms with Gasteiger partial charge in [-0.3, -0.25) is 4.79 Å². The molecule has 0 saturated carbocycles. The van der Waals surface area contributed by atoms with Gasteiger partial charge in [0.25, 0.3) is 0 Å². The molecular weight excluding hydrogens is 456 g/mol. The average molecular weight is 491 g/mol. The number of benzene rings is 2. The maximum atomic E-state index is 13.7. The highest BCUT2D eigenvalue weighted by Gasteiger charge is 2.35.